The molecule has 2 aromatic carbocycles. The third kappa shape index (κ3) is 3.62. The first-order chi connectivity index (χ1) is 13.0. The van der Waals surface area contributed by atoms with E-state index in [1.54, 1.807) is 25.1 Å². The lowest BCUT2D eigenvalue weighted by molar-refractivity contribution is -0.113. The van der Waals surface area contributed by atoms with Crippen molar-refractivity contribution in [2.24, 2.45) is 0 Å². The average Bonchev–Trinajstić information content (AvgIpc) is 3.14. The number of esters is 1. The molecule has 0 bridgehead atoms. The van der Waals surface area contributed by atoms with E-state index < -0.39 is 12.1 Å². The van der Waals surface area contributed by atoms with E-state index in [9.17, 15) is 14.4 Å². The Morgan fingerprint density at radius 3 is 2.70 bits per heavy atom. The zero-order valence-corrected chi connectivity index (χ0v) is 15.7. The molecule has 0 aromatic heterocycles. The van der Waals surface area contributed by atoms with Gasteiger partial charge in [-0.15, -0.1) is 11.8 Å². The monoisotopic (exact) mass is 381 g/mol. The second kappa shape index (κ2) is 7.19. The number of amides is 1. The van der Waals surface area contributed by atoms with E-state index in [1.807, 2.05) is 18.2 Å². The summed E-state index contributed by atoms with van der Waals surface area (Å²) in [6, 6.07) is 10.7. The predicted octanol–water partition coefficient (Wildman–Crippen LogP) is 3.65. The molecule has 0 saturated carbocycles. The summed E-state index contributed by atoms with van der Waals surface area (Å²) >= 11 is 1.42. The van der Waals surface area contributed by atoms with Gasteiger partial charge in [0.2, 0.25) is 11.7 Å². The molecular formula is C21H19NO4S. The van der Waals surface area contributed by atoms with Gasteiger partial charge < -0.3 is 10.1 Å². The molecule has 0 radical (unpaired) electrons. The topological polar surface area (TPSA) is 72.5 Å². The van der Waals surface area contributed by atoms with Gasteiger partial charge in [-0.05, 0) is 61.6 Å². The highest BCUT2D eigenvalue weighted by atomic mass is 32.2. The fourth-order valence-corrected chi connectivity index (χ4v) is 4.24. The van der Waals surface area contributed by atoms with Crippen molar-refractivity contribution in [2.75, 3.05) is 11.1 Å². The Bertz CT molecular complexity index is 953. The molecular weight excluding hydrogens is 362 g/mol. The molecule has 2 aromatic rings. The van der Waals surface area contributed by atoms with Crippen LogP contribution in [0.5, 0.6) is 0 Å². The lowest BCUT2D eigenvalue weighted by Crippen LogP contribution is -2.25. The van der Waals surface area contributed by atoms with Crippen LogP contribution in [0.4, 0.5) is 5.69 Å². The van der Waals surface area contributed by atoms with Crippen LogP contribution in [0.3, 0.4) is 0 Å². The van der Waals surface area contributed by atoms with Crippen LogP contribution in [0, 0.1) is 0 Å². The largest absolute Gasteiger partial charge is 0.451 e. The number of benzene rings is 2. The fraction of sp³-hybridized carbons (Fsp3) is 0.286. The third-order valence-corrected chi connectivity index (χ3v) is 5.96. The Morgan fingerprint density at radius 2 is 1.85 bits per heavy atom. The van der Waals surface area contributed by atoms with Crippen molar-refractivity contribution in [1.82, 2.24) is 0 Å². The van der Waals surface area contributed by atoms with Crippen molar-refractivity contribution >= 4 is 35.1 Å². The maximum Gasteiger partial charge on any atom is 0.338 e. The van der Waals surface area contributed by atoms with Gasteiger partial charge in [-0.3, -0.25) is 9.59 Å². The molecule has 27 heavy (non-hydrogen) atoms. The molecule has 0 saturated heterocycles. The number of fused-ring (bicyclic) bond motifs is 2. The number of anilines is 1. The van der Waals surface area contributed by atoms with E-state index >= 15 is 0 Å². The standard InChI is InChI=1S/C21H19NO4S/c1-12(20(24)15-6-5-13-3-2-4-14(13)9-15)26-21(25)16-7-8-18-17(10-16)22-19(23)11-27-18/h5-10,12H,2-4,11H2,1H3,(H,22,23). The Hall–Kier alpha value is -2.60. The third-order valence-electron chi connectivity index (χ3n) is 4.88. The zero-order valence-electron chi connectivity index (χ0n) is 14.9. The average molecular weight is 381 g/mol. The molecule has 1 amide bonds. The van der Waals surface area contributed by atoms with Crippen molar-refractivity contribution in [1.29, 1.82) is 0 Å². The quantitative estimate of drug-likeness (QED) is 0.647. The highest BCUT2D eigenvalue weighted by Gasteiger charge is 2.23. The highest BCUT2D eigenvalue weighted by molar-refractivity contribution is 8.00. The van der Waals surface area contributed by atoms with Crippen molar-refractivity contribution in [2.45, 2.75) is 37.2 Å². The zero-order chi connectivity index (χ0) is 19.0. The fourth-order valence-electron chi connectivity index (χ4n) is 3.45. The molecule has 0 spiro atoms. The van der Waals surface area contributed by atoms with Gasteiger partial charge in [0.25, 0.3) is 0 Å². The SMILES string of the molecule is CC(OC(=O)c1ccc2c(c1)NC(=O)CS2)C(=O)c1ccc2c(c1)CCC2. The summed E-state index contributed by atoms with van der Waals surface area (Å²) in [4.78, 5) is 37.5. The van der Waals surface area contributed by atoms with Crippen LogP contribution in [0.15, 0.2) is 41.3 Å². The molecule has 4 rings (SSSR count). The second-order valence-electron chi connectivity index (χ2n) is 6.80. The maximum absolute atomic E-state index is 12.6. The Kier molecular flexibility index (Phi) is 4.74. The highest BCUT2D eigenvalue weighted by Crippen LogP contribution is 2.32. The molecule has 138 valence electrons. The van der Waals surface area contributed by atoms with Crippen molar-refractivity contribution < 1.29 is 19.1 Å². The number of aryl methyl sites for hydroxylation is 2. The summed E-state index contributed by atoms with van der Waals surface area (Å²) in [6.07, 6.45) is 2.28. The Labute approximate surface area is 161 Å². The minimum Gasteiger partial charge on any atom is -0.451 e. The number of carbonyl (C=O) groups is 3. The molecule has 2 aliphatic rings. The first-order valence-electron chi connectivity index (χ1n) is 8.95. The van der Waals surface area contributed by atoms with Crippen LogP contribution < -0.4 is 5.32 Å². The summed E-state index contributed by atoms with van der Waals surface area (Å²) in [6.45, 7) is 1.59. The van der Waals surface area contributed by atoms with E-state index in [-0.39, 0.29) is 11.7 Å². The van der Waals surface area contributed by atoms with E-state index in [4.69, 9.17) is 4.74 Å². The van der Waals surface area contributed by atoms with E-state index in [2.05, 4.69) is 5.32 Å². The molecule has 1 aliphatic carbocycles. The predicted molar refractivity (Wildman–Crippen MR) is 103 cm³/mol. The summed E-state index contributed by atoms with van der Waals surface area (Å²) in [5.41, 5.74) is 3.99. The molecule has 1 unspecified atom stereocenters. The first kappa shape index (κ1) is 17.8. The number of Topliss-reactive ketones (excluding diaryl/α,β-unsaturated/α-hetero) is 1. The van der Waals surface area contributed by atoms with E-state index in [0.29, 0.717) is 22.6 Å². The van der Waals surface area contributed by atoms with Crippen LogP contribution in [0.1, 0.15) is 45.2 Å². The van der Waals surface area contributed by atoms with Gasteiger partial charge >= 0.3 is 5.97 Å². The van der Waals surface area contributed by atoms with Crippen LogP contribution in [0.2, 0.25) is 0 Å². The molecule has 6 heteroatoms. The first-order valence-corrected chi connectivity index (χ1v) is 9.93. The summed E-state index contributed by atoms with van der Waals surface area (Å²) in [7, 11) is 0. The van der Waals surface area contributed by atoms with Gasteiger partial charge in [0.15, 0.2) is 6.10 Å². The van der Waals surface area contributed by atoms with Crippen LogP contribution >= 0.6 is 11.8 Å². The van der Waals surface area contributed by atoms with E-state index in [0.717, 1.165) is 24.2 Å². The second-order valence-corrected chi connectivity index (χ2v) is 7.81. The van der Waals surface area contributed by atoms with Gasteiger partial charge in [0.05, 0.1) is 17.0 Å². The molecule has 0 fully saturated rings. The minimum absolute atomic E-state index is 0.0989. The maximum atomic E-state index is 12.6. The number of hydrogen-bond donors (Lipinski definition) is 1. The number of ether oxygens (including phenoxy) is 1. The Morgan fingerprint density at radius 1 is 1.07 bits per heavy atom. The van der Waals surface area contributed by atoms with Crippen LogP contribution in [0.25, 0.3) is 0 Å². The van der Waals surface area contributed by atoms with Crippen molar-refractivity contribution in [3.8, 4) is 0 Å². The number of rotatable bonds is 4. The number of ketones is 1. The normalized spacial score (nSPS) is 16.1. The van der Waals surface area contributed by atoms with Gasteiger partial charge in [-0.25, -0.2) is 4.79 Å². The summed E-state index contributed by atoms with van der Waals surface area (Å²) in [5, 5.41) is 2.75. The number of carbonyl (C=O) groups excluding carboxylic acids is 3. The van der Waals surface area contributed by atoms with Gasteiger partial charge in [0, 0.05) is 10.5 Å². The molecule has 5 nitrogen and oxygen atoms in total. The smallest absolute Gasteiger partial charge is 0.338 e. The van der Waals surface area contributed by atoms with Crippen LogP contribution in [-0.4, -0.2) is 29.5 Å². The van der Waals surface area contributed by atoms with Crippen molar-refractivity contribution in [3.05, 3.63) is 58.7 Å². The minimum atomic E-state index is -0.878. The summed E-state index contributed by atoms with van der Waals surface area (Å²) < 4.78 is 5.38. The lowest BCUT2D eigenvalue weighted by Gasteiger charge is -2.17. The van der Waals surface area contributed by atoms with E-state index in [1.165, 1.54) is 22.9 Å². The molecule has 1 N–H and O–H groups in total. The molecule has 1 heterocycles. The van der Waals surface area contributed by atoms with Crippen molar-refractivity contribution in [3.63, 3.8) is 0 Å². The number of thioether (sulfide) groups is 1. The van der Waals surface area contributed by atoms with Gasteiger partial charge in [-0.2, -0.15) is 0 Å². The molecule has 1 aliphatic heterocycles. The molecule has 1 atom stereocenters. The number of hydrogen-bond acceptors (Lipinski definition) is 5. The Balaban J connectivity index is 1.47. The van der Waals surface area contributed by atoms with Crippen LogP contribution in [-0.2, 0) is 22.4 Å². The summed E-state index contributed by atoms with van der Waals surface area (Å²) in [5.74, 6) is -0.522. The van der Waals surface area contributed by atoms with Gasteiger partial charge in [0.1, 0.15) is 0 Å². The lowest BCUT2D eigenvalue weighted by atomic mass is 10.0. The number of nitrogens with one attached hydrogen (secondary N) is 1. The van der Waals surface area contributed by atoms with Gasteiger partial charge in [-0.1, -0.05) is 12.1 Å².